The van der Waals surface area contributed by atoms with E-state index >= 15 is 0 Å². The fourth-order valence-corrected chi connectivity index (χ4v) is 3.57. The lowest BCUT2D eigenvalue weighted by molar-refractivity contribution is 0.0904. The van der Waals surface area contributed by atoms with Gasteiger partial charge in [0.1, 0.15) is 5.82 Å². The topological polar surface area (TPSA) is 51.3 Å². The highest BCUT2D eigenvalue weighted by atomic mass is 16.2. The Labute approximate surface area is 141 Å². The van der Waals surface area contributed by atoms with Crippen molar-refractivity contribution in [1.29, 1.82) is 0 Å². The highest BCUT2D eigenvalue weighted by Gasteiger charge is 2.24. The molecule has 5 nitrogen and oxygen atoms in total. The van der Waals surface area contributed by atoms with Crippen molar-refractivity contribution in [1.82, 2.24) is 19.5 Å². The van der Waals surface area contributed by atoms with Gasteiger partial charge in [-0.05, 0) is 49.1 Å². The van der Waals surface area contributed by atoms with Gasteiger partial charge in [-0.3, -0.25) is 4.79 Å². The van der Waals surface area contributed by atoms with Crippen LogP contribution < -0.4 is 5.32 Å². The van der Waals surface area contributed by atoms with E-state index in [1.807, 2.05) is 42.7 Å². The van der Waals surface area contributed by atoms with Gasteiger partial charge in [0.2, 0.25) is 0 Å². The number of carbonyl (C=O) groups excluding carboxylic acids is 1. The molecule has 124 valence electrons. The number of rotatable bonds is 3. The first-order chi connectivity index (χ1) is 11.7. The monoisotopic (exact) mass is 322 g/mol. The summed E-state index contributed by atoms with van der Waals surface area (Å²) in [6.07, 6.45) is 8.56. The Morgan fingerprint density at radius 1 is 1.12 bits per heavy atom. The molecule has 5 heteroatoms. The van der Waals surface area contributed by atoms with Gasteiger partial charge in [0, 0.05) is 24.0 Å². The summed E-state index contributed by atoms with van der Waals surface area (Å²) < 4.78 is 3.81. The van der Waals surface area contributed by atoms with Crippen LogP contribution in [-0.4, -0.2) is 26.1 Å². The molecular weight excluding hydrogens is 300 g/mol. The Kier molecular flexibility index (Phi) is 3.84. The van der Waals surface area contributed by atoms with Crippen molar-refractivity contribution in [2.24, 2.45) is 5.92 Å². The Morgan fingerprint density at radius 3 is 2.88 bits per heavy atom. The summed E-state index contributed by atoms with van der Waals surface area (Å²) in [7, 11) is 0. The van der Waals surface area contributed by atoms with Crippen LogP contribution >= 0.6 is 0 Å². The largest absolute Gasteiger partial charge is 0.348 e. The van der Waals surface area contributed by atoms with Gasteiger partial charge in [0.25, 0.3) is 5.91 Å². The van der Waals surface area contributed by atoms with E-state index in [9.17, 15) is 4.79 Å². The number of nitrogens with zero attached hydrogens (tertiary/aromatic N) is 3. The van der Waals surface area contributed by atoms with Crippen LogP contribution in [0.5, 0.6) is 0 Å². The summed E-state index contributed by atoms with van der Waals surface area (Å²) in [4.78, 5) is 12.5. The summed E-state index contributed by atoms with van der Waals surface area (Å²) >= 11 is 0. The summed E-state index contributed by atoms with van der Waals surface area (Å²) in [5.74, 6) is 1.39. The van der Waals surface area contributed by atoms with Crippen LogP contribution in [0.25, 0.3) is 11.3 Å². The van der Waals surface area contributed by atoms with Gasteiger partial charge >= 0.3 is 0 Å². The van der Waals surface area contributed by atoms with E-state index < -0.39 is 0 Å². The smallest absolute Gasteiger partial charge is 0.272 e. The molecular formula is C19H22N4O. The number of hydrogen-bond donors (Lipinski definition) is 1. The van der Waals surface area contributed by atoms with Crippen molar-refractivity contribution < 1.29 is 4.79 Å². The van der Waals surface area contributed by atoms with Crippen molar-refractivity contribution in [2.45, 2.75) is 38.6 Å². The molecule has 3 aromatic heterocycles. The highest BCUT2D eigenvalue weighted by molar-refractivity contribution is 5.92. The Balaban J connectivity index is 1.55. The maximum atomic E-state index is 12.5. The molecule has 1 N–H and O–H groups in total. The standard InChI is InChI=1S/C19H22N4O/c1-14-6-2-3-8-16(14)20-19(24)17-11-13-23(21-17)18-10-9-15-7-4-5-12-22(15)18/h4-5,7,9-14,16H,2-3,6,8H2,1H3,(H,20,24). The zero-order valence-corrected chi connectivity index (χ0v) is 13.9. The van der Waals surface area contributed by atoms with Crippen molar-refractivity contribution in [3.63, 3.8) is 0 Å². The minimum Gasteiger partial charge on any atom is -0.348 e. The van der Waals surface area contributed by atoms with E-state index in [0.29, 0.717) is 11.6 Å². The highest BCUT2D eigenvalue weighted by Crippen LogP contribution is 2.24. The number of fused-ring (bicyclic) bond motifs is 1. The zero-order chi connectivity index (χ0) is 16.5. The van der Waals surface area contributed by atoms with Gasteiger partial charge in [-0.25, -0.2) is 4.68 Å². The molecule has 1 fully saturated rings. The normalized spacial score (nSPS) is 21.0. The Morgan fingerprint density at radius 2 is 2.00 bits per heavy atom. The van der Waals surface area contributed by atoms with Crippen LogP contribution in [0.2, 0.25) is 0 Å². The van der Waals surface area contributed by atoms with Crippen LogP contribution in [-0.2, 0) is 0 Å². The summed E-state index contributed by atoms with van der Waals surface area (Å²) in [5.41, 5.74) is 1.57. The number of nitrogens with one attached hydrogen (secondary N) is 1. The Hall–Kier alpha value is -2.56. The van der Waals surface area contributed by atoms with E-state index in [4.69, 9.17) is 0 Å². The summed E-state index contributed by atoms with van der Waals surface area (Å²) in [6.45, 7) is 2.22. The zero-order valence-electron chi connectivity index (χ0n) is 13.9. The maximum absolute atomic E-state index is 12.5. The molecule has 1 aliphatic carbocycles. The molecule has 2 unspecified atom stereocenters. The van der Waals surface area contributed by atoms with E-state index in [1.54, 1.807) is 10.7 Å². The van der Waals surface area contributed by atoms with Crippen molar-refractivity contribution in [3.8, 4) is 5.82 Å². The quantitative estimate of drug-likeness (QED) is 0.803. The molecule has 4 rings (SSSR count). The number of amides is 1. The third kappa shape index (κ3) is 2.70. The average molecular weight is 322 g/mol. The minimum absolute atomic E-state index is 0.0756. The van der Waals surface area contributed by atoms with Gasteiger partial charge in [-0.15, -0.1) is 0 Å². The third-order valence-corrected chi connectivity index (χ3v) is 5.03. The maximum Gasteiger partial charge on any atom is 0.272 e. The molecule has 24 heavy (non-hydrogen) atoms. The second kappa shape index (κ2) is 6.15. The molecule has 0 aromatic carbocycles. The van der Waals surface area contributed by atoms with Crippen LogP contribution in [0.3, 0.4) is 0 Å². The molecule has 0 spiro atoms. The van der Waals surface area contributed by atoms with Crippen molar-refractivity contribution >= 4 is 11.4 Å². The first-order valence-electron chi connectivity index (χ1n) is 8.65. The average Bonchev–Trinajstić information content (AvgIpc) is 3.23. The Bertz CT molecular complexity index is 863. The van der Waals surface area contributed by atoms with Gasteiger partial charge in [0.05, 0.1) is 0 Å². The lowest BCUT2D eigenvalue weighted by atomic mass is 9.86. The van der Waals surface area contributed by atoms with E-state index in [-0.39, 0.29) is 11.9 Å². The summed E-state index contributed by atoms with van der Waals surface area (Å²) in [5, 5.41) is 7.64. The van der Waals surface area contributed by atoms with Gasteiger partial charge in [-0.2, -0.15) is 5.10 Å². The predicted molar refractivity (Wildman–Crippen MR) is 93.4 cm³/mol. The molecule has 0 aliphatic heterocycles. The molecule has 0 bridgehead atoms. The van der Waals surface area contributed by atoms with Crippen molar-refractivity contribution in [3.05, 3.63) is 54.5 Å². The SMILES string of the molecule is CC1CCCCC1NC(=O)c1ccn(-c2ccc3ccccn23)n1. The van der Waals surface area contributed by atoms with E-state index in [0.717, 1.165) is 17.8 Å². The molecule has 1 amide bonds. The van der Waals surface area contributed by atoms with Crippen LogP contribution in [0.15, 0.2) is 48.8 Å². The van der Waals surface area contributed by atoms with Crippen LogP contribution in [0.1, 0.15) is 43.1 Å². The number of hydrogen-bond acceptors (Lipinski definition) is 2. The second-order valence-corrected chi connectivity index (χ2v) is 6.67. The predicted octanol–water partition coefficient (Wildman–Crippen LogP) is 3.43. The summed E-state index contributed by atoms with van der Waals surface area (Å²) in [6, 6.07) is 12.1. The lowest BCUT2D eigenvalue weighted by Crippen LogP contribution is -2.41. The number of pyridine rings is 1. The van der Waals surface area contributed by atoms with Crippen molar-refractivity contribution in [2.75, 3.05) is 0 Å². The second-order valence-electron chi connectivity index (χ2n) is 6.67. The van der Waals surface area contributed by atoms with Crippen LogP contribution in [0, 0.1) is 5.92 Å². The first-order valence-corrected chi connectivity index (χ1v) is 8.65. The lowest BCUT2D eigenvalue weighted by Gasteiger charge is -2.29. The first kappa shape index (κ1) is 15.0. The molecule has 2 atom stereocenters. The molecule has 3 heterocycles. The van der Waals surface area contributed by atoms with Crippen LogP contribution in [0.4, 0.5) is 0 Å². The molecule has 1 aliphatic rings. The fraction of sp³-hybridized carbons (Fsp3) is 0.368. The van der Waals surface area contributed by atoms with Gasteiger partial charge in [0.15, 0.2) is 5.69 Å². The third-order valence-electron chi connectivity index (χ3n) is 5.03. The number of carbonyl (C=O) groups is 1. The molecule has 3 aromatic rings. The van der Waals surface area contributed by atoms with Gasteiger partial charge < -0.3 is 9.72 Å². The molecule has 1 saturated carbocycles. The van der Waals surface area contributed by atoms with Gasteiger partial charge in [-0.1, -0.05) is 25.8 Å². The minimum atomic E-state index is -0.0756. The molecule has 0 saturated heterocycles. The van der Waals surface area contributed by atoms with E-state index in [1.165, 1.54) is 19.3 Å². The van der Waals surface area contributed by atoms with E-state index in [2.05, 4.69) is 21.7 Å². The number of aromatic nitrogens is 3. The molecule has 0 radical (unpaired) electrons. The fourth-order valence-electron chi connectivity index (χ4n) is 3.57.